The molecule has 1 fully saturated rings. The number of carboxylic acid groups (broad SMARTS) is 1. The number of nitrogens with zero attached hydrogens (tertiary/aromatic N) is 1. The molecule has 9 heteroatoms. The van der Waals surface area contributed by atoms with Crippen LogP contribution in [0.4, 0.5) is 9.59 Å². The van der Waals surface area contributed by atoms with Gasteiger partial charge in [-0.15, -0.1) is 0 Å². The Morgan fingerprint density at radius 2 is 1.41 bits per heavy atom. The monoisotopic (exact) mass is 527 g/mol. The van der Waals surface area contributed by atoms with E-state index in [2.05, 4.69) is 10.6 Å². The van der Waals surface area contributed by atoms with Crippen molar-refractivity contribution in [2.45, 2.75) is 24.3 Å². The van der Waals surface area contributed by atoms with Crippen molar-refractivity contribution in [3.63, 3.8) is 0 Å². The van der Waals surface area contributed by atoms with Crippen molar-refractivity contribution in [2.24, 2.45) is 0 Å². The minimum Gasteiger partial charge on any atom is -0.465 e. The van der Waals surface area contributed by atoms with Crippen LogP contribution in [0.3, 0.4) is 0 Å². The smallest absolute Gasteiger partial charge is 0.408 e. The van der Waals surface area contributed by atoms with Gasteiger partial charge in [-0.05, 0) is 35.1 Å². The maximum Gasteiger partial charge on any atom is 0.408 e. The molecular weight excluding hydrogens is 498 g/mol. The molecule has 3 N–H and O–H groups in total. The molecule has 3 aromatic rings. The molecular formula is C30H29N3O6. The first-order chi connectivity index (χ1) is 18.9. The molecule has 0 atom stereocenters. The number of ketones is 1. The van der Waals surface area contributed by atoms with Gasteiger partial charge in [0.15, 0.2) is 5.78 Å². The number of Topliss-reactive ketones (excluding diaryl/α,β-unsaturated/α-hetero) is 1. The van der Waals surface area contributed by atoms with Gasteiger partial charge in [0.25, 0.3) is 0 Å². The summed E-state index contributed by atoms with van der Waals surface area (Å²) >= 11 is 0. The summed E-state index contributed by atoms with van der Waals surface area (Å²) in [5.41, 5.74) is 3.37. The summed E-state index contributed by atoms with van der Waals surface area (Å²) in [6.45, 7) is -0.0665. The summed E-state index contributed by atoms with van der Waals surface area (Å²) in [6, 6.07) is 24.5. The van der Waals surface area contributed by atoms with Gasteiger partial charge in [-0.2, -0.15) is 0 Å². The lowest BCUT2D eigenvalue weighted by molar-refractivity contribution is -0.129. The molecule has 0 aromatic heterocycles. The van der Waals surface area contributed by atoms with Gasteiger partial charge in [0.1, 0.15) is 12.1 Å². The van der Waals surface area contributed by atoms with E-state index in [0.29, 0.717) is 5.56 Å². The van der Waals surface area contributed by atoms with Crippen LogP contribution in [0, 0.1) is 0 Å². The van der Waals surface area contributed by atoms with Gasteiger partial charge in [-0.3, -0.25) is 9.59 Å². The zero-order valence-corrected chi connectivity index (χ0v) is 21.3. The largest absolute Gasteiger partial charge is 0.465 e. The fourth-order valence-electron chi connectivity index (χ4n) is 5.37. The summed E-state index contributed by atoms with van der Waals surface area (Å²) in [6.07, 6.45) is -1.77. The lowest BCUT2D eigenvalue weighted by atomic mass is 9.86. The van der Waals surface area contributed by atoms with E-state index < -0.39 is 23.6 Å². The lowest BCUT2D eigenvalue weighted by Gasteiger charge is -2.39. The maximum atomic E-state index is 13.4. The topological polar surface area (TPSA) is 125 Å². The SMILES string of the molecule is O=C(NC1(C(=O)NCC(=O)c2ccccc2)CCN(C(=O)O)CC1)OCC1c2ccccc2-c2ccccc21. The van der Waals surface area contributed by atoms with Gasteiger partial charge in [-0.1, -0.05) is 78.9 Å². The molecule has 0 bridgehead atoms. The Labute approximate surface area is 225 Å². The van der Waals surface area contributed by atoms with Gasteiger partial charge in [0, 0.05) is 24.6 Å². The molecule has 0 unspecified atom stereocenters. The van der Waals surface area contributed by atoms with E-state index in [4.69, 9.17) is 4.74 Å². The van der Waals surface area contributed by atoms with Crippen LogP contribution in [-0.4, -0.2) is 65.7 Å². The number of benzene rings is 3. The van der Waals surface area contributed by atoms with Crippen molar-refractivity contribution in [3.8, 4) is 11.1 Å². The van der Waals surface area contributed by atoms with Gasteiger partial charge in [0.2, 0.25) is 5.91 Å². The Morgan fingerprint density at radius 3 is 2.00 bits per heavy atom. The minimum atomic E-state index is -1.41. The highest BCUT2D eigenvalue weighted by Gasteiger charge is 2.44. The fourth-order valence-corrected chi connectivity index (χ4v) is 5.37. The standard InChI is InChI=1S/C30H29N3O6/c34-26(20-8-2-1-3-9-20)18-31-27(35)30(14-16-33(17-15-30)29(37)38)32-28(36)39-19-25-23-12-6-4-10-21(23)22-11-5-7-13-24(22)25/h1-13,25H,14-19H2,(H,31,35)(H,32,36)(H,37,38). The zero-order chi connectivity index (χ0) is 27.4. The average Bonchev–Trinajstić information content (AvgIpc) is 3.29. The van der Waals surface area contributed by atoms with Crippen LogP contribution in [-0.2, 0) is 9.53 Å². The van der Waals surface area contributed by atoms with Crippen LogP contribution in [0.2, 0.25) is 0 Å². The molecule has 0 radical (unpaired) electrons. The number of carbonyl (C=O) groups excluding carboxylic acids is 3. The van der Waals surface area contributed by atoms with Gasteiger partial charge >= 0.3 is 12.2 Å². The number of rotatable bonds is 7. The fraction of sp³-hybridized carbons (Fsp3) is 0.267. The molecule has 1 heterocycles. The van der Waals surface area contributed by atoms with Crippen molar-refractivity contribution in [1.29, 1.82) is 0 Å². The molecule has 1 aliphatic carbocycles. The summed E-state index contributed by atoms with van der Waals surface area (Å²) in [4.78, 5) is 51.6. The van der Waals surface area contributed by atoms with E-state index in [9.17, 15) is 24.3 Å². The molecule has 3 aromatic carbocycles. The van der Waals surface area contributed by atoms with Gasteiger partial charge < -0.3 is 25.4 Å². The third kappa shape index (κ3) is 5.34. The average molecular weight is 528 g/mol. The third-order valence-corrected chi connectivity index (χ3v) is 7.51. The van der Waals surface area contributed by atoms with E-state index >= 15 is 0 Å². The number of hydrogen-bond acceptors (Lipinski definition) is 5. The highest BCUT2D eigenvalue weighted by molar-refractivity contribution is 6.00. The van der Waals surface area contributed by atoms with Crippen LogP contribution in [0.15, 0.2) is 78.9 Å². The molecule has 2 aliphatic rings. The van der Waals surface area contributed by atoms with Crippen molar-refractivity contribution in [1.82, 2.24) is 15.5 Å². The second-order valence-electron chi connectivity index (χ2n) is 9.77. The number of alkyl carbamates (subject to hydrolysis) is 1. The molecule has 0 saturated carbocycles. The van der Waals surface area contributed by atoms with E-state index in [1.165, 1.54) is 4.90 Å². The van der Waals surface area contributed by atoms with Crippen LogP contribution >= 0.6 is 0 Å². The molecule has 9 nitrogen and oxygen atoms in total. The highest BCUT2D eigenvalue weighted by Crippen LogP contribution is 2.44. The number of piperidine rings is 1. The zero-order valence-electron chi connectivity index (χ0n) is 21.3. The number of nitrogens with one attached hydrogen (secondary N) is 2. The summed E-state index contributed by atoms with van der Waals surface area (Å²) < 4.78 is 5.66. The predicted molar refractivity (Wildman–Crippen MR) is 144 cm³/mol. The molecule has 1 saturated heterocycles. The van der Waals surface area contributed by atoms with E-state index in [-0.39, 0.29) is 50.8 Å². The first-order valence-electron chi connectivity index (χ1n) is 12.9. The molecule has 0 spiro atoms. The van der Waals surface area contributed by atoms with Crippen molar-refractivity contribution in [3.05, 3.63) is 95.6 Å². The second-order valence-corrected chi connectivity index (χ2v) is 9.77. The Bertz CT molecular complexity index is 1350. The molecule has 39 heavy (non-hydrogen) atoms. The number of fused-ring (bicyclic) bond motifs is 3. The van der Waals surface area contributed by atoms with E-state index in [1.54, 1.807) is 30.3 Å². The van der Waals surface area contributed by atoms with Gasteiger partial charge in [0.05, 0.1) is 6.54 Å². The number of ether oxygens (including phenoxy) is 1. The van der Waals surface area contributed by atoms with E-state index in [1.807, 2.05) is 48.5 Å². The molecule has 5 rings (SSSR count). The number of likely N-dealkylation sites (tertiary alicyclic amines) is 1. The van der Waals surface area contributed by atoms with E-state index in [0.717, 1.165) is 22.3 Å². The summed E-state index contributed by atoms with van der Waals surface area (Å²) in [5.74, 6) is -0.973. The molecule has 3 amide bonds. The van der Waals surface area contributed by atoms with Crippen molar-refractivity contribution < 1.29 is 29.0 Å². The van der Waals surface area contributed by atoms with Crippen LogP contribution in [0.5, 0.6) is 0 Å². The number of amides is 3. The molecule has 200 valence electrons. The first-order valence-corrected chi connectivity index (χ1v) is 12.9. The minimum absolute atomic E-state index is 0.0505. The summed E-state index contributed by atoms with van der Waals surface area (Å²) in [5, 5.41) is 14.7. The summed E-state index contributed by atoms with van der Waals surface area (Å²) in [7, 11) is 0. The molecule has 1 aliphatic heterocycles. The van der Waals surface area contributed by atoms with Crippen molar-refractivity contribution in [2.75, 3.05) is 26.2 Å². The maximum absolute atomic E-state index is 13.4. The van der Waals surface area contributed by atoms with Crippen LogP contribution in [0.25, 0.3) is 11.1 Å². The van der Waals surface area contributed by atoms with Crippen molar-refractivity contribution >= 4 is 23.9 Å². The highest BCUT2D eigenvalue weighted by atomic mass is 16.5. The Balaban J connectivity index is 1.27. The third-order valence-electron chi connectivity index (χ3n) is 7.51. The lowest BCUT2D eigenvalue weighted by Crippen LogP contribution is -2.64. The number of carbonyl (C=O) groups is 4. The normalized spacial score (nSPS) is 15.5. The predicted octanol–water partition coefficient (Wildman–Crippen LogP) is 4.04. The number of hydrogen-bond donors (Lipinski definition) is 3. The second kappa shape index (κ2) is 11.0. The van der Waals surface area contributed by atoms with Gasteiger partial charge in [-0.25, -0.2) is 9.59 Å². The quantitative estimate of drug-likeness (QED) is 0.399. The Hall–Kier alpha value is -4.66. The first kappa shape index (κ1) is 26.0. The Morgan fingerprint density at radius 1 is 0.846 bits per heavy atom. The van der Waals surface area contributed by atoms with Crippen LogP contribution in [0.1, 0.15) is 40.2 Å². The van der Waals surface area contributed by atoms with Crippen LogP contribution < -0.4 is 10.6 Å². The Kier molecular flexibility index (Phi) is 7.31.